The molecule has 2 aromatic rings. The van der Waals surface area contributed by atoms with Gasteiger partial charge in [0, 0.05) is 12.1 Å². The molecule has 1 amide bonds. The van der Waals surface area contributed by atoms with Crippen LogP contribution in [-0.4, -0.2) is 29.5 Å². The van der Waals surface area contributed by atoms with Gasteiger partial charge in [-0.15, -0.1) is 0 Å². The van der Waals surface area contributed by atoms with Crippen LogP contribution in [0.1, 0.15) is 0 Å². The van der Waals surface area contributed by atoms with Crippen molar-refractivity contribution in [2.45, 2.75) is 0 Å². The van der Waals surface area contributed by atoms with Gasteiger partial charge in [0.1, 0.15) is 11.4 Å². The summed E-state index contributed by atoms with van der Waals surface area (Å²) in [7, 11) is -4.96. The normalized spacial score (nSPS) is 10.8. The van der Waals surface area contributed by atoms with E-state index >= 15 is 0 Å². The Hall–Kier alpha value is -3.74. The molecular weight excluding hydrogens is 372 g/mol. The zero-order valence-corrected chi connectivity index (χ0v) is 13.5. The molecule has 0 unspecified atom stereocenters. The van der Waals surface area contributed by atoms with E-state index in [0.29, 0.717) is 0 Å². The van der Waals surface area contributed by atoms with E-state index in [-0.39, 0.29) is 4.31 Å². The first-order valence-electron chi connectivity index (χ1n) is 6.68. The molecule has 0 saturated carbocycles. The Bertz CT molecular complexity index is 934. The minimum absolute atomic E-state index is 0.206. The van der Waals surface area contributed by atoms with Crippen LogP contribution in [0.15, 0.2) is 48.5 Å². The molecule has 0 aliphatic rings. The van der Waals surface area contributed by atoms with Gasteiger partial charge in [-0.1, -0.05) is 24.3 Å². The smallest absolute Gasteiger partial charge is 0.419 e. The maximum Gasteiger partial charge on any atom is 0.419 e. The molecular formula is C13H10N4O8S. The molecule has 13 heteroatoms. The highest BCUT2D eigenvalue weighted by Gasteiger charge is 2.35. The second kappa shape index (κ2) is 7.02. The minimum atomic E-state index is -4.96. The van der Waals surface area contributed by atoms with Crippen molar-refractivity contribution in [1.82, 2.24) is 4.72 Å². The molecule has 0 bridgehead atoms. The van der Waals surface area contributed by atoms with Crippen molar-refractivity contribution in [3.8, 4) is 0 Å². The minimum Gasteiger partial charge on any atom is -0.464 e. The monoisotopic (exact) mass is 382 g/mol. The third-order valence-corrected chi connectivity index (χ3v) is 4.36. The lowest BCUT2D eigenvalue weighted by Crippen LogP contribution is -2.41. The van der Waals surface area contributed by atoms with Crippen LogP contribution in [0.25, 0.3) is 0 Å². The highest BCUT2D eigenvalue weighted by molar-refractivity contribution is 7.91. The summed E-state index contributed by atoms with van der Waals surface area (Å²) in [5.41, 5.74) is -2.52. The number of nitrogens with zero attached hydrogens (tertiary/aromatic N) is 3. The van der Waals surface area contributed by atoms with Crippen LogP contribution in [0.5, 0.6) is 0 Å². The van der Waals surface area contributed by atoms with E-state index < -0.39 is 48.9 Å². The molecule has 0 atom stereocenters. The van der Waals surface area contributed by atoms with E-state index in [0.717, 1.165) is 24.3 Å². The van der Waals surface area contributed by atoms with E-state index in [1.807, 2.05) is 0 Å². The standard InChI is InChI=1S/C13H10N4O8S/c18-13(19)14-26(24,25)15(9-5-1-3-7-11(9)16(20)21)10-6-2-4-8-12(10)17(22)23/h1-8,14H,(H,18,19). The van der Waals surface area contributed by atoms with Crippen molar-refractivity contribution >= 4 is 39.1 Å². The lowest BCUT2D eigenvalue weighted by molar-refractivity contribution is -0.384. The third-order valence-electron chi connectivity index (χ3n) is 3.05. The average Bonchev–Trinajstić information content (AvgIpc) is 2.54. The molecule has 0 fully saturated rings. The van der Waals surface area contributed by atoms with Gasteiger partial charge in [0.25, 0.3) is 11.4 Å². The number of nitrogens with one attached hydrogen (secondary N) is 1. The van der Waals surface area contributed by atoms with Crippen LogP contribution in [0.3, 0.4) is 0 Å². The number of anilines is 2. The van der Waals surface area contributed by atoms with Gasteiger partial charge in [0.15, 0.2) is 0 Å². The van der Waals surface area contributed by atoms with E-state index in [1.54, 1.807) is 0 Å². The van der Waals surface area contributed by atoms with Gasteiger partial charge in [-0.3, -0.25) is 20.2 Å². The Morgan fingerprint density at radius 2 is 1.31 bits per heavy atom. The number of hydrogen-bond acceptors (Lipinski definition) is 7. The number of amides is 1. The van der Waals surface area contributed by atoms with E-state index in [4.69, 9.17) is 5.11 Å². The molecule has 0 aliphatic heterocycles. The molecule has 136 valence electrons. The van der Waals surface area contributed by atoms with Gasteiger partial charge in [0.2, 0.25) is 0 Å². The number of carbonyl (C=O) groups is 1. The van der Waals surface area contributed by atoms with Crippen LogP contribution in [0, 0.1) is 20.2 Å². The van der Waals surface area contributed by atoms with Crippen molar-refractivity contribution in [3.05, 3.63) is 68.8 Å². The van der Waals surface area contributed by atoms with E-state index in [2.05, 4.69) is 0 Å². The Morgan fingerprint density at radius 1 is 0.923 bits per heavy atom. The average molecular weight is 382 g/mol. The molecule has 0 aliphatic carbocycles. The number of carboxylic acid groups (broad SMARTS) is 1. The fourth-order valence-electron chi connectivity index (χ4n) is 2.13. The summed E-state index contributed by atoms with van der Waals surface area (Å²) in [6, 6.07) is 9.06. The predicted molar refractivity (Wildman–Crippen MR) is 88.4 cm³/mol. The molecule has 0 spiro atoms. The van der Waals surface area contributed by atoms with E-state index in [9.17, 15) is 33.4 Å². The molecule has 12 nitrogen and oxygen atoms in total. The molecule has 2 N–H and O–H groups in total. The second-order valence-electron chi connectivity index (χ2n) is 4.67. The molecule has 0 heterocycles. The number of hydrogen-bond donors (Lipinski definition) is 2. The topological polar surface area (TPSA) is 173 Å². The van der Waals surface area contributed by atoms with Crippen LogP contribution in [0.2, 0.25) is 0 Å². The summed E-state index contributed by atoms with van der Waals surface area (Å²) < 4.78 is 26.4. The van der Waals surface area contributed by atoms with Gasteiger partial charge < -0.3 is 5.11 Å². The molecule has 26 heavy (non-hydrogen) atoms. The van der Waals surface area contributed by atoms with Crippen LogP contribution < -0.4 is 9.03 Å². The Labute approximate surface area is 145 Å². The second-order valence-corrected chi connectivity index (χ2v) is 6.19. The number of nitro benzene ring substituents is 2. The summed E-state index contributed by atoms with van der Waals surface area (Å²) in [6.07, 6.45) is -1.97. The maximum atomic E-state index is 12.5. The van der Waals surface area contributed by atoms with Crippen LogP contribution in [0.4, 0.5) is 27.5 Å². The SMILES string of the molecule is O=C(O)NS(=O)(=O)N(c1ccccc1[N+](=O)[O-])c1ccccc1[N+](=O)[O-]. The quantitative estimate of drug-likeness (QED) is 0.564. The fourth-order valence-corrected chi connectivity index (χ4v) is 3.26. The molecule has 2 rings (SSSR count). The van der Waals surface area contributed by atoms with Gasteiger partial charge in [-0.25, -0.2) is 13.8 Å². The largest absolute Gasteiger partial charge is 0.464 e. The first-order valence-corrected chi connectivity index (χ1v) is 8.12. The zero-order valence-electron chi connectivity index (χ0n) is 12.7. The first-order chi connectivity index (χ1) is 12.1. The van der Waals surface area contributed by atoms with Crippen molar-refractivity contribution in [2.24, 2.45) is 0 Å². The zero-order chi connectivity index (χ0) is 19.5. The highest BCUT2D eigenvalue weighted by atomic mass is 32.2. The van der Waals surface area contributed by atoms with Crippen molar-refractivity contribution in [1.29, 1.82) is 0 Å². The third kappa shape index (κ3) is 3.67. The maximum absolute atomic E-state index is 12.5. The van der Waals surface area contributed by atoms with Crippen molar-refractivity contribution in [2.75, 3.05) is 4.31 Å². The number of benzene rings is 2. The van der Waals surface area contributed by atoms with Crippen LogP contribution >= 0.6 is 0 Å². The summed E-state index contributed by atoms with van der Waals surface area (Å²) in [5.74, 6) is 0. The van der Waals surface area contributed by atoms with Gasteiger partial charge in [0.05, 0.1) is 9.85 Å². The predicted octanol–water partition coefficient (Wildman–Crippen LogP) is 2.15. The van der Waals surface area contributed by atoms with Gasteiger partial charge in [-0.2, -0.15) is 8.42 Å². The molecule has 2 aromatic carbocycles. The summed E-state index contributed by atoms with van der Waals surface area (Å²) in [4.78, 5) is 31.5. The lowest BCUT2D eigenvalue weighted by Gasteiger charge is -2.23. The molecule has 0 radical (unpaired) electrons. The first kappa shape index (κ1) is 18.6. The van der Waals surface area contributed by atoms with Gasteiger partial charge >= 0.3 is 16.3 Å². The molecule has 0 aromatic heterocycles. The Kier molecular flexibility index (Phi) is 5.02. The van der Waals surface area contributed by atoms with Gasteiger partial charge in [-0.05, 0) is 12.1 Å². The number of rotatable bonds is 6. The summed E-state index contributed by atoms with van der Waals surface area (Å²) in [5, 5.41) is 31.2. The van der Waals surface area contributed by atoms with E-state index in [1.165, 1.54) is 29.0 Å². The fraction of sp³-hybridized carbons (Fsp3) is 0. The van der Waals surface area contributed by atoms with Crippen molar-refractivity contribution in [3.63, 3.8) is 0 Å². The Morgan fingerprint density at radius 3 is 1.65 bits per heavy atom. The lowest BCUT2D eigenvalue weighted by atomic mass is 10.2. The summed E-state index contributed by atoms with van der Waals surface area (Å²) in [6.45, 7) is 0. The van der Waals surface area contributed by atoms with Crippen LogP contribution in [-0.2, 0) is 10.2 Å². The Balaban J connectivity index is 2.85. The number of para-hydroxylation sites is 4. The summed E-state index contributed by atoms with van der Waals surface area (Å²) >= 11 is 0. The highest BCUT2D eigenvalue weighted by Crippen LogP contribution is 2.39. The van der Waals surface area contributed by atoms with Crippen molar-refractivity contribution < 1.29 is 28.2 Å². The molecule has 0 saturated heterocycles. The number of nitro groups is 2.